The van der Waals surface area contributed by atoms with Crippen molar-refractivity contribution in [1.29, 1.82) is 0 Å². The number of amides is 1. The molecule has 0 fully saturated rings. The van der Waals surface area contributed by atoms with Gasteiger partial charge in [0, 0.05) is 25.0 Å². The summed E-state index contributed by atoms with van der Waals surface area (Å²) in [7, 11) is 3.54. The monoisotopic (exact) mass is 304 g/mol. The van der Waals surface area contributed by atoms with E-state index in [2.05, 4.69) is 32.0 Å². The van der Waals surface area contributed by atoms with Crippen molar-refractivity contribution in [2.75, 3.05) is 14.1 Å². The van der Waals surface area contributed by atoms with Crippen molar-refractivity contribution in [1.82, 2.24) is 9.88 Å². The van der Waals surface area contributed by atoms with E-state index in [1.54, 1.807) is 19.0 Å². The number of nitrogens with zero attached hydrogens (tertiary/aromatic N) is 2. The summed E-state index contributed by atoms with van der Waals surface area (Å²) < 4.78 is 0. The van der Waals surface area contributed by atoms with Crippen molar-refractivity contribution in [3.63, 3.8) is 0 Å². The number of hydrogen-bond donors (Lipinski definition) is 0. The van der Waals surface area contributed by atoms with Crippen molar-refractivity contribution in [3.8, 4) is 11.3 Å². The lowest BCUT2D eigenvalue weighted by Crippen LogP contribution is -2.22. The third-order valence-corrected chi connectivity index (χ3v) is 4.01. The molecular formula is C20H20N2O. The molecule has 3 rings (SSSR count). The van der Waals surface area contributed by atoms with Crippen LogP contribution in [-0.2, 0) is 0 Å². The number of carbonyl (C=O) groups excluding carboxylic acids is 1. The second kappa shape index (κ2) is 5.84. The Bertz CT molecular complexity index is 897. The largest absolute Gasteiger partial charge is 0.345 e. The number of rotatable bonds is 2. The van der Waals surface area contributed by atoms with Gasteiger partial charge in [-0.1, -0.05) is 42.0 Å². The lowest BCUT2D eigenvalue weighted by Gasteiger charge is -2.15. The predicted octanol–water partition coefficient (Wildman–Crippen LogP) is 4.22. The number of aryl methyl sites for hydroxylation is 2. The molecule has 0 aliphatic carbocycles. The fraction of sp³-hybridized carbons (Fsp3) is 0.200. The molecule has 3 heteroatoms. The highest BCUT2D eigenvalue weighted by atomic mass is 16.2. The van der Waals surface area contributed by atoms with Gasteiger partial charge in [-0.15, -0.1) is 0 Å². The van der Waals surface area contributed by atoms with Gasteiger partial charge >= 0.3 is 0 Å². The first-order valence-electron chi connectivity index (χ1n) is 7.66. The zero-order valence-electron chi connectivity index (χ0n) is 13.9. The molecule has 116 valence electrons. The second-order valence-electron chi connectivity index (χ2n) is 6.09. The molecule has 2 aromatic carbocycles. The van der Waals surface area contributed by atoms with Gasteiger partial charge in [0.2, 0.25) is 0 Å². The standard InChI is InChI=1S/C20H20N2O/c1-13-9-10-15(14(2)11-13)19-12-17(20(23)22(3)4)16-7-5-6-8-18(16)21-19/h5-12H,1-4H3. The number of aromatic nitrogens is 1. The van der Waals surface area contributed by atoms with E-state index in [9.17, 15) is 4.79 Å². The van der Waals surface area contributed by atoms with Gasteiger partial charge in [0.15, 0.2) is 0 Å². The van der Waals surface area contributed by atoms with Crippen LogP contribution in [0.25, 0.3) is 22.2 Å². The lowest BCUT2D eigenvalue weighted by molar-refractivity contribution is 0.0829. The smallest absolute Gasteiger partial charge is 0.254 e. The van der Waals surface area contributed by atoms with Crippen molar-refractivity contribution >= 4 is 16.8 Å². The topological polar surface area (TPSA) is 33.2 Å². The molecule has 1 amide bonds. The molecule has 0 bridgehead atoms. The molecule has 1 aromatic heterocycles. The van der Waals surface area contributed by atoms with Crippen LogP contribution in [0.2, 0.25) is 0 Å². The molecule has 3 nitrogen and oxygen atoms in total. The first kappa shape index (κ1) is 15.2. The zero-order valence-corrected chi connectivity index (χ0v) is 13.9. The molecule has 0 radical (unpaired) electrons. The molecule has 0 atom stereocenters. The molecule has 0 spiro atoms. The highest BCUT2D eigenvalue weighted by Gasteiger charge is 2.16. The van der Waals surface area contributed by atoms with E-state index in [4.69, 9.17) is 4.98 Å². The van der Waals surface area contributed by atoms with Crippen LogP contribution in [0.3, 0.4) is 0 Å². The highest BCUT2D eigenvalue weighted by Crippen LogP contribution is 2.28. The third-order valence-electron chi connectivity index (χ3n) is 4.01. The number of para-hydroxylation sites is 1. The van der Waals surface area contributed by atoms with Gasteiger partial charge in [-0.25, -0.2) is 4.98 Å². The van der Waals surface area contributed by atoms with Gasteiger partial charge in [-0.3, -0.25) is 4.79 Å². The Labute approximate surface area is 136 Å². The van der Waals surface area contributed by atoms with Crippen LogP contribution < -0.4 is 0 Å². The molecule has 0 unspecified atom stereocenters. The van der Waals surface area contributed by atoms with E-state index in [1.165, 1.54) is 5.56 Å². The summed E-state index contributed by atoms with van der Waals surface area (Å²) in [6.07, 6.45) is 0. The molecule has 0 aliphatic rings. The summed E-state index contributed by atoms with van der Waals surface area (Å²) in [5.41, 5.74) is 5.82. The summed E-state index contributed by atoms with van der Waals surface area (Å²) in [6, 6.07) is 16.0. The van der Waals surface area contributed by atoms with Crippen molar-refractivity contribution in [3.05, 3.63) is 65.2 Å². The van der Waals surface area contributed by atoms with Crippen LogP contribution in [0.15, 0.2) is 48.5 Å². The minimum absolute atomic E-state index is 0.00499. The van der Waals surface area contributed by atoms with Crippen LogP contribution in [0.1, 0.15) is 21.5 Å². The quantitative estimate of drug-likeness (QED) is 0.710. The first-order chi connectivity index (χ1) is 11.0. The third kappa shape index (κ3) is 2.82. The average Bonchev–Trinajstić information content (AvgIpc) is 2.53. The summed E-state index contributed by atoms with van der Waals surface area (Å²) in [4.78, 5) is 19.0. The predicted molar refractivity (Wildman–Crippen MR) is 94.7 cm³/mol. The Morgan fingerprint density at radius 1 is 1.00 bits per heavy atom. The summed E-state index contributed by atoms with van der Waals surface area (Å²) in [6.45, 7) is 4.15. The van der Waals surface area contributed by atoms with Crippen molar-refractivity contribution < 1.29 is 4.79 Å². The molecule has 1 heterocycles. The normalized spacial score (nSPS) is 10.8. The molecular weight excluding hydrogens is 284 g/mol. The van der Waals surface area contributed by atoms with Gasteiger partial charge in [-0.2, -0.15) is 0 Å². The van der Waals surface area contributed by atoms with Gasteiger partial charge < -0.3 is 4.90 Å². The van der Waals surface area contributed by atoms with Crippen LogP contribution in [0, 0.1) is 13.8 Å². The van der Waals surface area contributed by atoms with E-state index >= 15 is 0 Å². The van der Waals surface area contributed by atoms with E-state index in [0.717, 1.165) is 27.7 Å². The van der Waals surface area contributed by atoms with E-state index in [0.29, 0.717) is 5.56 Å². The number of fused-ring (bicyclic) bond motifs is 1. The van der Waals surface area contributed by atoms with Crippen LogP contribution in [-0.4, -0.2) is 29.9 Å². The van der Waals surface area contributed by atoms with E-state index in [1.807, 2.05) is 30.3 Å². The highest BCUT2D eigenvalue weighted by molar-refractivity contribution is 6.07. The van der Waals surface area contributed by atoms with Crippen molar-refractivity contribution in [2.24, 2.45) is 0 Å². The minimum atomic E-state index is -0.00499. The lowest BCUT2D eigenvalue weighted by atomic mass is 9.99. The van der Waals surface area contributed by atoms with Gasteiger partial charge in [0.1, 0.15) is 0 Å². The van der Waals surface area contributed by atoms with E-state index in [-0.39, 0.29) is 5.91 Å². The Hall–Kier alpha value is -2.68. The van der Waals surface area contributed by atoms with Crippen LogP contribution in [0.5, 0.6) is 0 Å². The Morgan fingerprint density at radius 2 is 1.74 bits per heavy atom. The maximum absolute atomic E-state index is 12.6. The van der Waals surface area contributed by atoms with Crippen molar-refractivity contribution in [2.45, 2.75) is 13.8 Å². The number of hydrogen-bond acceptors (Lipinski definition) is 2. The van der Waals surface area contributed by atoms with Crippen LogP contribution >= 0.6 is 0 Å². The van der Waals surface area contributed by atoms with Crippen LogP contribution in [0.4, 0.5) is 0 Å². The minimum Gasteiger partial charge on any atom is -0.345 e. The Morgan fingerprint density at radius 3 is 2.43 bits per heavy atom. The number of benzene rings is 2. The van der Waals surface area contributed by atoms with Gasteiger partial charge in [0.25, 0.3) is 5.91 Å². The number of pyridine rings is 1. The van der Waals surface area contributed by atoms with Gasteiger partial charge in [-0.05, 0) is 31.5 Å². The molecule has 3 aromatic rings. The van der Waals surface area contributed by atoms with Gasteiger partial charge in [0.05, 0.1) is 16.8 Å². The first-order valence-corrected chi connectivity index (χ1v) is 7.66. The fourth-order valence-corrected chi connectivity index (χ4v) is 2.83. The number of carbonyl (C=O) groups is 1. The maximum Gasteiger partial charge on any atom is 0.254 e. The molecule has 0 N–H and O–H groups in total. The molecule has 0 aliphatic heterocycles. The maximum atomic E-state index is 12.6. The van der Waals surface area contributed by atoms with E-state index < -0.39 is 0 Å². The Balaban J connectivity index is 2.28. The summed E-state index contributed by atoms with van der Waals surface area (Å²) in [5, 5.41) is 0.889. The summed E-state index contributed by atoms with van der Waals surface area (Å²) >= 11 is 0. The Kier molecular flexibility index (Phi) is 3.87. The second-order valence-corrected chi connectivity index (χ2v) is 6.09. The average molecular weight is 304 g/mol. The molecule has 0 saturated heterocycles. The molecule has 0 saturated carbocycles. The summed E-state index contributed by atoms with van der Waals surface area (Å²) in [5.74, 6) is -0.00499. The fourth-order valence-electron chi connectivity index (χ4n) is 2.83. The SMILES string of the molecule is Cc1ccc(-c2cc(C(=O)N(C)C)c3ccccc3n2)c(C)c1. The molecule has 23 heavy (non-hydrogen) atoms. The zero-order chi connectivity index (χ0) is 16.6.